The Morgan fingerprint density at radius 1 is 1.33 bits per heavy atom. The van der Waals surface area contributed by atoms with E-state index in [1.165, 1.54) is 10.5 Å². The molecule has 0 saturated heterocycles. The summed E-state index contributed by atoms with van der Waals surface area (Å²) in [6, 6.07) is 8.57. The van der Waals surface area contributed by atoms with Gasteiger partial charge in [0, 0.05) is 24.5 Å². The third kappa shape index (κ3) is 3.86. The van der Waals surface area contributed by atoms with E-state index in [1.54, 1.807) is 0 Å². The van der Waals surface area contributed by atoms with Crippen molar-refractivity contribution in [2.75, 3.05) is 25.9 Å². The first kappa shape index (κ1) is 12.6. The molecule has 0 atom stereocenters. The highest BCUT2D eigenvalue weighted by atomic mass is 32.2. The molecule has 1 rings (SSSR count). The molecule has 0 aliphatic rings. The van der Waals surface area contributed by atoms with Crippen molar-refractivity contribution in [3.8, 4) is 0 Å². The van der Waals surface area contributed by atoms with E-state index in [9.17, 15) is 0 Å². The standard InChI is InChI=1S/C12H20N2S/c1-3-14(9-8-13)10-11-6-4-5-7-12(11)15-2/h4-7H,3,8-10,13H2,1-2H3. The molecule has 0 heterocycles. The number of thioether (sulfide) groups is 1. The first-order valence-corrected chi connectivity index (χ1v) is 6.58. The van der Waals surface area contributed by atoms with Gasteiger partial charge in [-0.3, -0.25) is 4.90 Å². The minimum Gasteiger partial charge on any atom is -0.329 e. The van der Waals surface area contributed by atoms with Crippen LogP contribution in [-0.2, 0) is 6.54 Å². The second kappa shape index (κ2) is 6.88. The van der Waals surface area contributed by atoms with Crippen molar-refractivity contribution in [2.45, 2.75) is 18.4 Å². The Balaban J connectivity index is 2.69. The van der Waals surface area contributed by atoms with E-state index in [-0.39, 0.29) is 0 Å². The van der Waals surface area contributed by atoms with Crippen molar-refractivity contribution in [3.05, 3.63) is 29.8 Å². The van der Waals surface area contributed by atoms with Crippen molar-refractivity contribution in [2.24, 2.45) is 5.73 Å². The number of rotatable bonds is 6. The highest BCUT2D eigenvalue weighted by Gasteiger charge is 2.05. The largest absolute Gasteiger partial charge is 0.329 e. The molecule has 0 fully saturated rings. The molecule has 15 heavy (non-hydrogen) atoms. The molecule has 2 N–H and O–H groups in total. The molecule has 0 radical (unpaired) electrons. The van der Waals surface area contributed by atoms with E-state index < -0.39 is 0 Å². The smallest absolute Gasteiger partial charge is 0.0245 e. The van der Waals surface area contributed by atoms with Gasteiger partial charge < -0.3 is 5.73 Å². The van der Waals surface area contributed by atoms with Gasteiger partial charge >= 0.3 is 0 Å². The van der Waals surface area contributed by atoms with Crippen molar-refractivity contribution in [3.63, 3.8) is 0 Å². The Morgan fingerprint density at radius 3 is 2.67 bits per heavy atom. The molecule has 0 bridgehead atoms. The lowest BCUT2D eigenvalue weighted by Gasteiger charge is -2.20. The van der Waals surface area contributed by atoms with Crippen LogP contribution >= 0.6 is 11.8 Å². The van der Waals surface area contributed by atoms with Gasteiger partial charge in [0.2, 0.25) is 0 Å². The van der Waals surface area contributed by atoms with Gasteiger partial charge in [-0.25, -0.2) is 0 Å². The minimum atomic E-state index is 0.731. The highest BCUT2D eigenvalue weighted by Crippen LogP contribution is 2.20. The lowest BCUT2D eigenvalue weighted by atomic mass is 10.2. The fraction of sp³-hybridized carbons (Fsp3) is 0.500. The zero-order chi connectivity index (χ0) is 11.1. The molecule has 0 aliphatic carbocycles. The molecule has 0 aliphatic heterocycles. The van der Waals surface area contributed by atoms with Crippen LogP contribution in [0.2, 0.25) is 0 Å². The lowest BCUT2D eigenvalue weighted by molar-refractivity contribution is 0.286. The van der Waals surface area contributed by atoms with Crippen molar-refractivity contribution < 1.29 is 0 Å². The number of nitrogens with two attached hydrogens (primary N) is 1. The van der Waals surface area contributed by atoms with E-state index in [0.29, 0.717) is 0 Å². The fourth-order valence-electron chi connectivity index (χ4n) is 1.61. The summed E-state index contributed by atoms with van der Waals surface area (Å²) in [6.07, 6.45) is 2.12. The Bertz CT molecular complexity index is 289. The van der Waals surface area contributed by atoms with Crippen LogP contribution in [-0.4, -0.2) is 30.8 Å². The summed E-state index contributed by atoms with van der Waals surface area (Å²) in [5.41, 5.74) is 6.99. The van der Waals surface area contributed by atoms with Crippen LogP contribution in [0, 0.1) is 0 Å². The molecule has 0 spiro atoms. The van der Waals surface area contributed by atoms with Crippen LogP contribution in [0.4, 0.5) is 0 Å². The Hall–Kier alpha value is -0.510. The average Bonchev–Trinajstić information content (AvgIpc) is 2.29. The highest BCUT2D eigenvalue weighted by molar-refractivity contribution is 7.98. The predicted octanol–water partition coefficient (Wildman–Crippen LogP) is 2.19. The summed E-state index contributed by atoms with van der Waals surface area (Å²) in [7, 11) is 0. The first-order valence-electron chi connectivity index (χ1n) is 5.36. The summed E-state index contributed by atoms with van der Waals surface area (Å²) in [5, 5.41) is 0. The molecule has 84 valence electrons. The molecule has 0 aromatic heterocycles. The van der Waals surface area contributed by atoms with Crippen molar-refractivity contribution in [1.29, 1.82) is 0 Å². The maximum atomic E-state index is 5.58. The van der Waals surface area contributed by atoms with E-state index in [4.69, 9.17) is 5.73 Å². The van der Waals surface area contributed by atoms with Crippen LogP contribution in [0.1, 0.15) is 12.5 Å². The maximum Gasteiger partial charge on any atom is 0.0245 e. The van der Waals surface area contributed by atoms with Gasteiger partial charge in [0.25, 0.3) is 0 Å². The van der Waals surface area contributed by atoms with Crippen LogP contribution in [0.5, 0.6) is 0 Å². The van der Waals surface area contributed by atoms with Gasteiger partial charge in [0.1, 0.15) is 0 Å². The van der Waals surface area contributed by atoms with Crippen LogP contribution < -0.4 is 5.73 Å². The topological polar surface area (TPSA) is 29.3 Å². The van der Waals surface area contributed by atoms with Crippen molar-refractivity contribution >= 4 is 11.8 Å². The number of hydrogen-bond acceptors (Lipinski definition) is 3. The average molecular weight is 224 g/mol. The van der Waals surface area contributed by atoms with E-state index >= 15 is 0 Å². The van der Waals surface area contributed by atoms with Crippen molar-refractivity contribution in [1.82, 2.24) is 4.90 Å². The zero-order valence-corrected chi connectivity index (χ0v) is 10.4. The van der Waals surface area contributed by atoms with Gasteiger partial charge in [0.05, 0.1) is 0 Å². The first-order chi connectivity index (χ1) is 7.31. The molecule has 0 unspecified atom stereocenters. The van der Waals surface area contributed by atoms with Gasteiger partial charge in [0.15, 0.2) is 0 Å². The number of nitrogens with zero attached hydrogens (tertiary/aromatic N) is 1. The summed E-state index contributed by atoms with van der Waals surface area (Å²) >= 11 is 1.81. The second-order valence-corrected chi connectivity index (χ2v) is 4.32. The molecule has 3 heteroatoms. The fourth-order valence-corrected chi connectivity index (χ4v) is 2.22. The van der Waals surface area contributed by atoms with Crippen LogP contribution in [0.3, 0.4) is 0 Å². The molecule has 0 saturated carbocycles. The number of benzene rings is 1. The van der Waals surface area contributed by atoms with E-state index in [2.05, 4.69) is 42.3 Å². The third-order valence-electron chi connectivity index (χ3n) is 2.48. The number of likely N-dealkylation sites (N-methyl/N-ethyl adjacent to an activating group) is 1. The summed E-state index contributed by atoms with van der Waals surface area (Å²) in [6.45, 7) is 5.94. The summed E-state index contributed by atoms with van der Waals surface area (Å²) in [4.78, 5) is 3.74. The van der Waals surface area contributed by atoms with E-state index in [0.717, 1.165) is 26.2 Å². The maximum absolute atomic E-state index is 5.58. The molecule has 1 aromatic rings. The quantitative estimate of drug-likeness (QED) is 0.751. The summed E-state index contributed by atoms with van der Waals surface area (Å²) < 4.78 is 0. The second-order valence-electron chi connectivity index (χ2n) is 3.47. The molecular formula is C12H20N2S. The van der Waals surface area contributed by atoms with Crippen LogP contribution in [0.25, 0.3) is 0 Å². The Morgan fingerprint density at radius 2 is 2.07 bits per heavy atom. The molecular weight excluding hydrogens is 204 g/mol. The van der Waals surface area contributed by atoms with Gasteiger partial charge in [-0.2, -0.15) is 0 Å². The minimum absolute atomic E-state index is 0.731. The molecule has 1 aromatic carbocycles. The zero-order valence-electron chi connectivity index (χ0n) is 9.57. The third-order valence-corrected chi connectivity index (χ3v) is 3.32. The van der Waals surface area contributed by atoms with Gasteiger partial charge in [-0.15, -0.1) is 11.8 Å². The SMILES string of the molecule is CCN(CCN)Cc1ccccc1SC. The predicted molar refractivity (Wildman–Crippen MR) is 68.2 cm³/mol. The Kier molecular flexibility index (Phi) is 5.76. The monoisotopic (exact) mass is 224 g/mol. The molecule has 2 nitrogen and oxygen atoms in total. The number of hydrogen-bond donors (Lipinski definition) is 1. The van der Waals surface area contributed by atoms with Crippen LogP contribution in [0.15, 0.2) is 29.2 Å². The Labute approximate surface area is 96.8 Å². The molecule has 0 amide bonds. The van der Waals surface area contributed by atoms with E-state index in [1.807, 2.05) is 11.8 Å². The van der Waals surface area contributed by atoms with Gasteiger partial charge in [-0.05, 0) is 24.4 Å². The van der Waals surface area contributed by atoms with Gasteiger partial charge in [-0.1, -0.05) is 25.1 Å². The lowest BCUT2D eigenvalue weighted by Crippen LogP contribution is -2.29. The summed E-state index contributed by atoms with van der Waals surface area (Å²) in [5.74, 6) is 0. The normalized spacial score (nSPS) is 10.9.